The summed E-state index contributed by atoms with van der Waals surface area (Å²) in [5.41, 5.74) is 0. The zero-order chi connectivity index (χ0) is 15.0. The highest BCUT2D eigenvalue weighted by Gasteiger charge is 2.31. The predicted octanol–water partition coefficient (Wildman–Crippen LogP) is 7.51. The molecule has 0 aromatic carbocycles. The minimum atomic E-state index is 1.10. The molecule has 0 N–H and O–H groups in total. The summed E-state index contributed by atoms with van der Waals surface area (Å²) in [6.45, 7) is 0. The summed E-state index contributed by atoms with van der Waals surface area (Å²) in [7, 11) is 0. The Balaban J connectivity index is 1.58. The summed E-state index contributed by atoms with van der Waals surface area (Å²) in [5, 5.41) is 0. The molecule has 0 spiro atoms. The average Bonchev–Trinajstić information content (AvgIpc) is 3.10. The van der Waals surface area contributed by atoms with Crippen LogP contribution in [-0.2, 0) is 0 Å². The van der Waals surface area contributed by atoms with E-state index in [0.29, 0.717) is 0 Å². The first-order valence-corrected chi connectivity index (χ1v) is 10.9. The Bertz CT molecular complexity index is 282. The van der Waals surface area contributed by atoms with Gasteiger partial charge < -0.3 is 0 Å². The molecule has 0 aliphatic heterocycles. The molecule has 0 aromatic heterocycles. The molecule has 0 nitrogen and oxygen atoms in total. The number of hydrogen-bond acceptors (Lipinski definition) is 0. The third kappa shape index (κ3) is 5.00. The van der Waals surface area contributed by atoms with Crippen LogP contribution >= 0.6 is 0 Å². The Morgan fingerprint density at radius 1 is 0.455 bits per heavy atom. The minimum absolute atomic E-state index is 1.10. The highest BCUT2D eigenvalue weighted by molar-refractivity contribution is 4.82. The first kappa shape index (κ1) is 16.8. The van der Waals surface area contributed by atoms with E-state index in [1.54, 1.807) is 64.2 Å². The standard InChI is InChI=1S/C22H40/c1-2-5-15-21(18-17-19-11-9-10-12-19)22(16-8-3-1)20-13-6-4-7-14-20/h19-22H,1-18H2. The van der Waals surface area contributed by atoms with E-state index in [2.05, 4.69) is 0 Å². The molecule has 3 aliphatic rings. The van der Waals surface area contributed by atoms with Crippen LogP contribution in [0.15, 0.2) is 0 Å². The van der Waals surface area contributed by atoms with Crippen LogP contribution in [-0.4, -0.2) is 0 Å². The lowest BCUT2D eigenvalue weighted by atomic mass is 9.69. The van der Waals surface area contributed by atoms with E-state index in [9.17, 15) is 0 Å². The minimum Gasteiger partial charge on any atom is -0.0533 e. The summed E-state index contributed by atoms with van der Waals surface area (Å²) in [4.78, 5) is 0. The predicted molar refractivity (Wildman–Crippen MR) is 97.1 cm³/mol. The summed E-state index contributed by atoms with van der Waals surface area (Å²) in [5.74, 6) is 4.43. The smallest absolute Gasteiger partial charge is 0.0357 e. The summed E-state index contributed by atoms with van der Waals surface area (Å²) < 4.78 is 0. The summed E-state index contributed by atoms with van der Waals surface area (Å²) in [6, 6.07) is 0. The third-order valence-electron chi connectivity index (χ3n) is 7.39. The number of hydrogen-bond donors (Lipinski definition) is 0. The molecule has 0 heteroatoms. The fourth-order valence-corrected chi connectivity index (χ4v) is 6.06. The lowest BCUT2D eigenvalue weighted by Gasteiger charge is -2.36. The SMILES string of the molecule is C1CCCC(CCC2CCCC2)C(C2CCCCC2)CCC1. The molecule has 3 fully saturated rings. The van der Waals surface area contributed by atoms with Crippen molar-refractivity contribution in [2.75, 3.05) is 0 Å². The summed E-state index contributed by atoms with van der Waals surface area (Å²) in [6.07, 6.45) is 27.9. The van der Waals surface area contributed by atoms with Crippen LogP contribution in [0, 0.1) is 23.7 Å². The maximum absolute atomic E-state index is 1.59. The fourth-order valence-electron chi connectivity index (χ4n) is 6.06. The Labute approximate surface area is 139 Å². The average molecular weight is 305 g/mol. The second kappa shape index (κ2) is 9.33. The molecule has 2 atom stereocenters. The van der Waals surface area contributed by atoms with Gasteiger partial charge in [0.1, 0.15) is 0 Å². The van der Waals surface area contributed by atoms with Gasteiger partial charge in [-0.25, -0.2) is 0 Å². The van der Waals surface area contributed by atoms with Crippen molar-refractivity contribution in [2.45, 2.75) is 116 Å². The van der Waals surface area contributed by atoms with Crippen molar-refractivity contribution in [3.05, 3.63) is 0 Å². The van der Waals surface area contributed by atoms with Crippen LogP contribution in [0.25, 0.3) is 0 Å². The molecule has 0 radical (unpaired) electrons. The van der Waals surface area contributed by atoms with Crippen LogP contribution in [0.3, 0.4) is 0 Å². The van der Waals surface area contributed by atoms with Crippen molar-refractivity contribution in [2.24, 2.45) is 23.7 Å². The molecular formula is C22H40. The molecule has 0 heterocycles. The van der Waals surface area contributed by atoms with Gasteiger partial charge in [-0.05, 0) is 36.5 Å². The molecule has 3 rings (SSSR count). The molecule has 3 saturated carbocycles. The Kier molecular flexibility index (Phi) is 7.15. The van der Waals surface area contributed by atoms with E-state index in [0.717, 1.165) is 23.7 Å². The zero-order valence-electron chi connectivity index (χ0n) is 15.0. The first-order valence-electron chi connectivity index (χ1n) is 10.9. The van der Waals surface area contributed by atoms with Gasteiger partial charge in [0.15, 0.2) is 0 Å². The lowest BCUT2D eigenvalue weighted by molar-refractivity contribution is 0.143. The highest BCUT2D eigenvalue weighted by atomic mass is 14.4. The maximum Gasteiger partial charge on any atom is -0.0357 e. The van der Waals surface area contributed by atoms with Gasteiger partial charge >= 0.3 is 0 Å². The fraction of sp³-hybridized carbons (Fsp3) is 1.00. The van der Waals surface area contributed by atoms with Gasteiger partial charge in [-0.2, -0.15) is 0 Å². The molecule has 2 unspecified atom stereocenters. The normalized spacial score (nSPS) is 33.3. The van der Waals surface area contributed by atoms with E-state index >= 15 is 0 Å². The van der Waals surface area contributed by atoms with Crippen LogP contribution in [0.1, 0.15) is 116 Å². The van der Waals surface area contributed by atoms with Crippen molar-refractivity contribution in [1.29, 1.82) is 0 Å². The molecule has 0 saturated heterocycles. The van der Waals surface area contributed by atoms with Gasteiger partial charge in [0.05, 0.1) is 0 Å². The lowest BCUT2D eigenvalue weighted by Crippen LogP contribution is -2.26. The molecular weight excluding hydrogens is 264 g/mol. The van der Waals surface area contributed by atoms with Crippen molar-refractivity contribution in [3.63, 3.8) is 0 Å². The van der Waals surface area contributed by atoms with Crippen molar-refractivity contribution in [1.82, 2.24) is 0 Å². The largest absolute Gasteiger partial charge is 0.0533 e. The Hall–Kier alpha value is 0. The quantitative estimate of drug-likeness (QED) is 0.504. The molecule has 3 aliphatic carbocycles. The van der Waals surface area contributed by atoms with Crippen molar-refractivity contribution in [3.8, 4) is 0 Å². The van der Waals surface area contributed by atoms with Gasteiger partial charge in [0.2, 0.25) is 0 Å². The van der Waals surface area contributed by atoms with Gasteiger partial charge in [0.25, 0.3) is 0 Å². The Morgan fingerprint density at radius 2 is 1.00 bits per heavy atom. The van der Waals surface area contributed by atoms with Crippen LogP contribution in [0.4, 0.5) is 0 Å². The molecule has 22 heavy (non-hydrogen) atoms. The highest BCUT2D eigenvalue weighted by Crippen LogP contribution is 2.42. The molecule has 0 bridgehead atoms. The zero-order valence-corrected chi connectivity index (χ0v) is 15.0. The van der Waals surface area contributed by atoms with Gasteiger partial charge in [-0.1, -0.05) is 103 Å². The van der Waals surface area contributed by atoms with Crippen molar-refractivity contribution < 1.29 is 0 Å². The van der Waals surface area contributed by atoms with Crippen LogP contribution in [0.2, 0.25) is 0 Å². The maximum atomic E-state index is 1.59. The van der Waals surface area contributed by atoms with E-state index < -0.39 is 0 Å². The van der Waals surface area contributed by atoms with E-state index in [4.69, 9.17) is 0 Å². The summed E-state index contributed by atoms with van der Waals surface area (Å²) >= 11 is 0. The number of rotatable bonds is 4. The molecule has 0 amide bonds. The molecule has 0 aromatic rings. The molecule has 128 valence electrons. The second-order valence-electron chi connectivity index (χ2n) is 8.89. The van der Waals surface area contributed by atoms with Gasteiger partial charge in [0, 0.05) is 0 Å². The van der Waals surface area contributed by atoms with Gasteiger partial charge in [-0.3, -0.25) is 0 Å². The Morgan fingerprint density at radius 3 is 1.77 bits per heavy atom. The van der Waals surface area contributed by atoms with Crippen LogP contribution < -0.4 is 0 Å². The van der Waals surface area contributed by atoms with Gasteiger partial charge in [-0.15, -0.1) is 0 Å². The monoisotopic (exact) mass is 304 g/mol. The van der Waals surface area contributed by atoms with Crippen molar-refractivity contribution >= 4 is 0 Å². The van der Waals surface area contributed by atoms with E-state index in [-0.39, 0.29) is 0 Å². The third-order valence-corrected chi connectivity index (χ3v) is 7.39. The van der Waals surface area contributed by atoms with E-state index in [1.807, 2.05) is 0 Å². The van der Waals surface area contributed by atoms with Crippen LogP contribution in [0.5, 0.6) is 0 Å². The first-order chi connectivity index (χ1) is 10.9. The van der Waals surface area contributed by atoms with E-state index in [1.165, 1.54) is 51.4 Å². The second-order valence-corrected chi connectivity index (χ2v) is 8.89. The topological polar surface area (TPSA) is 0 Å².